The van der Waals surface area contributed by atoms with Gasteiger partial charge in [0.25, 0.3) is 0 Å². The van der Waals surface area contributed by atoms with E-state index in [0.717, 1.165) is 44.5 Å². The Morgan fingerprint density at radius 2 is 1.82 bits per heavy atom. The van der Waals surface area contributed by atoms with Gasteiger partial charge in [-0.25, -0.2) is 4.98 Å². The molecular formula is C23H22N4O. The Kier molecular flexibility index (Phi) is 4.91. The minimum atomic E-state index is 0.397. The normalized spacial score (nSPS) is 10.9. The fraction of sp³-hybridized carbons (Fsp3) is 0.130. The highest BCUT2D eigenvalue weighted by Crippen LogP contribution is 2.30. The van der Waals surface area contributed by atoms with Crippen LogP contribution in [0.2, 0.25) is 0 Å². The molecule has 28 heavy (non-hydrogen) atoms. The first-order valence-corrected chi connectivity index (χ1v) is 9.16. The Morgan fingerprint density at radius 3 is 2.61 bits per heavy atom. The van der Waals surface area contributed by atoms with Gasteiger partial charge in [-0.05, 0) is 53.9 Å². The molecule has 0 saturated carbocycles. The summed E-state index contributed by atoms with van der Waals surface area (Å²) in [5, 5.41) is 1.11. The lowest BCUT2D eigenvalue weighted by Gasteiger charge is -2.13. The van der Waals surface area contributed by atoms with E-state index in [0.29, 0.717) is 19.0 Å². The summed E-state index contributed by atoms with van der Waals surface area (Å²) in [6, 6.07) is 18.1. The van der Waals surface area contributed by atoms with Crippen LogP contribution in [0.1, 0.15) is 16.7 Å². The van der Waals surface area contributed by atoms with Crippen molar-refractivity contribution in [3.63, 3.8) is 0 Å². The Labute approximate surface area is 164 Å². The molecule has 4 N–H and O–H groups in total. The first kappa shape index (κ1) is 17.9. The summed E-state index contributed by atoms with van der Waals surface area (Å²) >= 11 is 0. The molecule has 0 amide bonds. The van der Waals surface area contributed by atoms with Crippen molar-refractivity contribution < 1.29 is 4.74 Å². The molecule has 0 atom stereocenters. The second kappa shape index (κ2) is 7.66. The molecule has 0 fully saturated rings. The third-order valence-electron chi connectivity index (χ3n) is 4.77. The molecule has 0 aliphatic carbocycles. The molecule has 0 bridgehead atoms. The number of benzene rings is 2. The number of fused-ring (bicyclic) bond motifs is 1. The van der Waals surface area contributed by atoms with Gasteiger partial charge in [0.2, 0.25) is 0 Å². The predicted molar refractivity (Wildman–Crippen MR) is 113 cm³/mol. The molecule has 2 aromatic carbocycles. The Hall–Kier alpha value is -3.44. The lowest BCUT2D eigenvalue weighted by molar-refractivity contribution is 0.302. The molecule has 0 aliphatic heterocycles. The van der Waals surface area contributed by atoms with Crippen molar-refractivity contribution in [3.05, 3.63) is 83.7 Å². The average Bonchev–Trinajstić information content (AvgIpc) is 2.72. The van der Waals surface area contributed by atoms with E-state index >= 15 is 0 Å². The van der Waals surface area contributed by atoms with Crippen molar-refractivity contribution >= 4 is 16.7 Å². The van der Waals surface area contributed by atoms with Gasteiger partial charge >= 0.3 is 0 Å². The molecule has 5 heteroatoms. The van der Waals surface area contributed by atoms with Crippen LogP contribution in [0.4, 0.5) is 5.82 Å². The number of hydrogen-bond donors (Lipinski definition) is 2. The summed E-state index contributed by atoms with van der Waals surface area (Å²) < 4.78 is 5.96. The Balaban J connectivity index is 1.64. The number of pyridine rings is 2. The SMILES string of the molecule is Cc1cc(N)nc2cc(-c3ccc(OCc4cccnc4)c(CN)c3)ccc12. The van der Waals surface area contributed by atoms with Gasteiger partial charge in [0.1, 0.15) is 18.2 Å². The minimum Gasteiger partial charge on any atom is -0.489 e. The molecule has 0 spiro atoms. The van der Waals surface area contributed by atoms with Gasteiger partial charge in [0.15, 0.2) is 0 Å². The molecular weight excluding hydrogens is 348 g/mol. The van der Waals surface area contributed by atoms with Crippen molar-refractivity contribution in [3.8, 4) is 16.9 Å². The Morgan fingerprint density at radius 1 is 1.00 bits per heavy atom. The van der Waals surface area contributed by atoms with Gasteiger partial charge < -0.3 is 16.2 Å². The number of aryl methyl sites for hydroxylation is 1. The maximum absolute atomic E-state index is 5.98. The first-order valence-electron chi connectivity index (χ1n) is 9.16. The highest BCUT2D eigenvalue weighted by molar-refractivity contribution is 5.88. The maximum Gasteiger partial charge on any atom is 0.124 e. The van der Waals surface area contributed by atoms with Crippen LogP contribution in [0.15, 0.2) is 67.0 Å². The second-order valence-electron chi connectivity index (χ2n) is 6.77. The summed E-state index contributed by atoms with van der Waals surface area (Å²) in [5.74, 6) is 1.32. The fourth-order valence-corrected chi connectivity index (χ4v) is 3.31. The van der Waals surface area contributed by atoms with E-state index in [1.807, 2.05) is 37.3 Å². The largest absolute Gasteiger partial charge is 0.489 e. The molecule has 0 aliphatic rings. The highest BCUT2D eigenvalue weighted by Gasteiger charge is 2.08. The van der Waals surface area contributed by atoms with Crippen LogP contribution in [0.5, 0.6) is 5.75 Å². The molecule has 0 radical (unpaired) electrons. The van der Waals surface area contributed by atoms with Crippen molar-refractivity contribution in [2.24, 2.45) is 5.73 Å². The van der Waals surface area contributed by atoms with Crippen LogP contribution < -0.4 is 16.2 Å². The number of nitrogens with two attached hydrogens (primary N) is 2. The molecule has 4 rings (SSSR count). The Bertz CT molecular complexity index is 1130. The van der Waals surface area contributed by atoms with E-state index < -0.39 is 0 Å². The van der Waals surface area contributed by atoms with E-state index in [1.165, 1.54) is 0 Å². The molecule has 0 saturated heterocycles. The van der Waals surface area contributed by atoms with Gasteiger partial charge in [-0.1, -0.05) is 24.3 Å². The average molecular weight is 370 g/mol. The van der Waals surface area contributed by atoms with E-state index in [4.69, 9.17) is 16.2 Å². The fourth-order valence-electron chi connectivity index (χ4n) is 3.31. The summed E-state index contributed by atoms with van der Waals surface area (Å²) in [6.07, 6.45) is 3.55. The van der Waals surface area contributed by atoms with E-state index in [2.05, 4.69) is 34.2 Å². The summed E-state index contributed by atoms with van der Waals surface area (Å²) in [4.78, 5) is 8.58. The summed E-state index contributed by atoms with van der Waals surface area (Å²) in [7, 11) is 0. The van der Waals surface area contributed by atoms with Gasteiger partial charge in [-0.15, -0.1) is 0 Å². The molecule has 5 nitrogen and oxygen atoms in total. The van der Waals surface area contributed by atoms with Crippen molar-refractivity contribution in [2.45, 2.75) is 20.1 Å². The number of hydrogen-bond acceptors (Lipinski definition) is 5. The lowest BCUT2D eigenvalue weighted by atomic mass is 9.99. The summed E-state index contributed by atoms with van der Waals surface area (Å²) in [6.45, 7) is 2.90. The van der Waals surface area contributed by atoms with Crippen molar-refractivity contribution in [1.82, 2.24) is 9.97 Å². The molecule has 0 unspecified atom stereocenters. The number of aromatic nitrogens is 2. The van der Waals surface area contributed by atoms with Crippen LogP contribution in [0, 0.1) is 6.92 Å². The maximum atomic E-state index is 5.98. The zero-order chi connectivity index (χ0) is 19.5. The van der Waals surface area contributed by atoms with E-state index in [-0.39, 0.29) is 0 Å². The highest BCUT2D eigenvalue weighted by atomic mass is 16.5. The van der Waals surface area contributed by atoms with Crippen molar-refractivity contribution in [1.29, 1.82) is 0 Å². The van der Waals surface area contributed by atoms with Gasteiger partial charge in [-0.3, -0.25) is 4.98 Å². The zero-order valence-electron chi connectivity index (χ0n) is 15.7. The minimum absolute atomic E-state index is 0.397. The van der Waals surface area contributed by atoms with Gasteiger partial charge in [0, 0.05) is 35.5 Å². The molecule has 2 heterocycles. The van der Waals surface area contributed by atoms with Crippen LogP contribution in [-0.2, 0) is 13.2 Å². The zero-order valence-corrected chi connectivity index (χ0v) is 15.7. The molecule has 2 aromatic heterocycles. The van der Waals surface area contributed by atoms with E-state index in [9.17, 15) is 0 Å². The number of ether oxygens (including phenoxy) is 1. The van der Waals surface area contributed by atoms with Gasteiger partial charge in [0.05, 0.1) is 5.52 Å². The molecule has 140 valence electrons. The van der Waals surface area contributed by atoms with Crippen LogP contribution in [-0.4, -0.2) is 9.97 Å². The standard InChI is InChI=1S/C23H22N4O/c1-15-9-23(25)27-21-11-18(4-6-20(15)21)17-5-7-22(19(10-17)12-24)28-14-16-3-2-8-26-13-16/h2-11,13H,12,14,24H2,1H3,(H2,25,27). The van der Waals surface area contributed by atoms with Crippen LogP contribution in [0.25, 0.3) is 22.0 Å². The van der Waals surface area contributed by atoms with Crippen molar-refractivity contribution in [2.75, 3.05) is 5.73 Å². The first-order chi connectivity index (χ1) is 13.6. The number of rotatable bonds is 5. The summed E-state index contributed by atoms with van der Waals surface area (Å²) in [5.41, 5.74) is 18.0. The predicted octanol–water partition coefficient (Wildman–Crippen LogP) is 4.23. The van der Waals surface area contributed by atoms with Crippen LogP contribution in [0.3, 0.4) is 0 Å². The third kappa shape index (κ3) is 3.66. The van der Waals surface area contributed by atoms with Gasteiger partial charge in [-0.2, -0.15) is 0 Å². The number of nitrogen functional groups attached to an aromatic ring is 1. The number of nitrogens with zero attached hydrogens (tertiary/aromatic N) is 2. The third-order valence-corrected chi connectivity index (χ3v) is 4.77. The van der Waals surface area contributed by atoms with Crippen LogP contribution >= 0.6 is 0 Å². The number of anilines is 1. The van der Waals surface area contributed by atoms with E-state index in [1.54, 1.807) is 12.4 Å². The lowest BCUT2D eigenvalue weighted by Crippen LogP contribution is -2.03. The monoisotopic (exact) mass is 370 g/mol. The second-order valence-corrected chi connectivity index (χ2v) is 6.77. The topological polar surface area (TPSA) is 87.0 Å². The molecule has 4 aromatic rings. The quantitative estimate of drug-likeness (QED) is 0.549. The smallest absolute Gasteiger partial charge is 0.124 e.